The molecule has 45 heavy (non-hydrogen) atoms. The molecule has 0 fully saturated rings. The summed E-state index contributed by atoms with van der Waals surface area (Å²) < 4.78 is 0. The molecule has 0 spiro atoms. The first-order valence-electron chi connectivity index (χ1n) is 12.6. The van der Waals surface area contributed by atoms with Crippen LogP contribution in [0.2, 0.25) is 0 Å². The Labute approximate surface area is 282 Å². The number of aromatic nitrogens is 2. The molecule has 14 nitrogen and oxygen atoms in total. The minimum Gasteiger partial charge on any atom is -0.741 e. The topological polar surface area (TPSA) is 186 Å². The van der Waals surface area contributed by atoms with Crippen LogP contribution in [0.15, 0.2) is 118 Å². The molecule has 0 aliphatic carbocycles. The van der Waals surface area contributed by atoms with Gasteiger partial charge < -0.3 is 25.3 Å². The smallest absolute Gasteiger partial charge is 0.741 e. The van der Waals surface area contributed by atoms with Crippen molar-refractivity contribution in [3.05, 3.63) is 129 Å². The molecule has 0 aliphatic rings. The van der Waals surface area contributed by atoms with Gasteiger partial charge in [0.15, 0.2) is 0 Å². The summed E-state index contributed by atoms with van der Waals surface area (Å²) in [4.78, 5) is 36.7. The van der Waals surface area contributed by atoms with Gasteiger partial charge >= 0.3 is 19.8 Å². The average Bonchev–Trinajstić information content (AvgIpc) is 3.04. The normalized spacial score (nSPS) is 11.8. The maximum atomic E-state index is 10.6. The van der Waals surface area contributed by atoms with Crippen LogP contribution in [0, 0.1) is 20.2 Å². The van der Waals surface area contributed by atoms with Crippen molar-refractivity contribution in [3.8, 4) is 0 Å². The van der Waals surface area contributed by atoms with E-state index in [1.54, 1.807) is 26.2 Å². The second-order valence-electron chi connectivity index (χ2n) is 8.43. The van der Waals surface area contributed by atoms with E-state index in [-0.39, 0.29) is 41.5 Å². The van der Waals surface area contributed by atoms with Crippen molar-refractivity contribution in [1.82, 2.24) is 20.8 Å². The van der Waals surface area contributed by atoms with E-state index in [0.29, 0.717) is 22.8 Å². The number of pyridine rings is 2. The molecule has 2 N–H and O–H groups in total. The second kappa shape index (κ2) is 18.5. The summed E-state index contributed by atoms with van der Waals surface area (Å²) >= 11 is 10.1. The molecule has 0 atom stereocenters. The first-order valence-corrected chi connectivity index (χ1v) is 13.4. The van der Waals surface area contributed by atoms with Gasteiger partial charge in [0.25, 0.3) is 11.4 Å². The number of non-ortho nitro benzene ring substituents is 2. The fourth-order valence-corrected chi connectivity index (χ4v) is 3.42. The van der Waals surface area contributed by atoms with Gasteiger partial charge in [0.1, 0.15) is 0 Å². The third-order valence-corrected chi connectivity index (χ3v) is 5.66. The van der Waals surface area contributed by atoms with Crippen molar-refractivity contribution in [2.24, 2.45) is 20.2 Å². The number of aliphatic imine (C=N–C) groups is 2. The van der Waals surface area contributed by atoms with E-state index in [2.05, 4.69) is 41.0 Å². The molecule has 0 saturated carbocycles. The van der Waals surface area contributed by atoms with Crippen LogP contribution in [-0.2, 0) is 25.3 Å². The Morgan fingerprint density at radius 3 is 1.29 bits per heavy atom. The monoisotopic (exact) mass is 697 g/mol. The van der Waals surface area contributed by atoms with Gasteiger partial charge in [0.2, 0.25) is 0 Å². The van der Waals surface area contributed by atoms with Crippen molar-refractivity contribution in [2.45, 2.75) is 13.8 Å². The van der Waals surface area contributed by atoms with Crippen LogP contribution in [-0.4, -0.2) is 61.4 Å². The summed E-state index contributed by atoms with van der Waals surface area (Å²) in [6.45, 7) is 3.59. The van der Waals surface area contributed by atoms with E-state index in [1.807, 2.05) is 36.4 Å². The van der Waals surface area contributed by atoms with Crippen molar-refractivity contribution in [2.75, 3.05) is 0 Å². The van der Waals surface area contributed by atoms with Crippen LogP contribution in [0.5, 0.6) is 0 Å². The van der Waals surface area contributed by atoms with E-state index in [9.17, 15) is 20.2 Å². The van der Waals surface area contributed by atoms with Gasteiger partial charge in [-0.3, -0.25) is 51.0 Å². The summed E-state index contributed by atoms with van der Waals surface area (Å²) in [5.74, 6) is 0. The molecule has 0 amide bonds. The van der Waals surface area contributed by atoms with Crippen LogP contribution < -0.4 is 10.9 Å². The number of benzene rings is 2. The van der Waals surface area contributed by atoms with E-state index in [4.69, 9.17) is 25.3 Å². The molecule has 17 heteroatoms. The summed E-state index contributed by atoms with van der Waals surface area (Å²) in [7, 11) is 0. The van der Waals surface area contributed by atoms with E-state index in [0.717, 1.165) is 11.4 Å². The maximum Gasteiger partial charge on any atom is 3.00 e. The number of nitrogens with one attached hydrogen (secondary N) is 2. The first-order chi connectivity index (χ1) is 21.1. The molecular weight excluding hydrogens is 674 g/mol. The molecule has 2 aromatic heterocycles. The van der Waals surface area contributed by atoms with Gasteiger partial charge in [-0.1, -0.05) is 12.1 Å². The Balaban J connectivity index is 0.000000307. The zero-order chi connectivity index (χ0) is 31.9. The average molecular weight is 698 g/mol. The Bertz CT molecular complexity index is 1560. The van der Waals surface area contributed by atoms with E-state index < -0.39 is 9.85 Å². The van der Waals surface area contributed by atoms with Crippen LogP contribution in [0.3, 0.4) is 0 Å². The summed E-state index contributed by atoms with van der Waals surface area (Å²) in [6.07, 6.45) is 3.35. The first kappa shape index (κ1) is 36.1. The largest absolute Gasteiger partial charge is 3.00 e. The van der Waals surface area contributed by atoms with Gasteiger partial charge in [-0.15, -0.1) is 0 Å². The SMILES string of the molecule is C/C(=N\NC([S-])=Nc1ccc([N+](=O)[O-])cc1)c1ccccn1.C/C(=N\NC([S-])=Nc1ccc([N+](=O)[O-])cc1)c1ccccn1.[Ga+3]. The third kappa shape index (κ3) is 12.6. The number of amidine groups is 2. The molecular formula is C28H24GaN10O4S2+. The number of hydrogen-bond donors (Lipinski definition) is 2. The molecule has 0 aliphatic heterocycles. The van der Waals surface area contributed by atoms with Crippen LogP contribution >= 0.6 is 0 Å². The quantitative estimate of drug-likeness (QED) is 0.0653. The fraction of sp³-hybridized carbons (Fsp3) is 0.0714. The molecule has 2 heterocycles. The maximum absolute atomic E-state index is 10.6. The third-order valence-electron chi connectivity index (χ3n) is 5.29. The molecule has 2 aromatic carbocycles. The summed E-state index contributed by atoms with van der Waals surface area (Å²) in [5.41, 5.74) is 9.11. The summed E-state index contributed by atoms with van der Waals surface area (Å²) in [6, 6.07) is 22.5. The Hall–Kier alpha value is -5.10. The Kier molecular flexibility index (Phi) is 14.9. The number of nitrogens with zero attached hydrogens (tertiary/aromatic N) is 8. The minimum atomic E-state index is -0.471. The van der Waals surface area contributed by atoms with Crippen LogP contribution in [0.4, 0.5) is 22.7 Å². The van der Waals surface area contributed by atoms with Crippen LogP contribution in [0.1, 0.15) is 25.2 Å². The predicted octanol–water partition coefficient (Wildman–Crippen LogP) is 4.70. The van der Waals surface area contributed by atoms with Gasteiger partial charge in [-0.2, -0.15) is 10.2 Å². The molecule has 0 radical (unpaired) electrons. The molecule has 0 unspecified atom stereocenters. The zero-order valence-electron chi connectivity index (χ0n) is 23.8. The van der Waals surface area contributed by atoms with E-state index >= 15 is 0 Å². The van der Waals surface area contributed by atoms with Gasteiger partial charge in [-0.05, 0) is 62.4 Å². The van der Waals surface area contributed by atoms with Crippen molar-refractivity contribution >= 4 is 89.6 Å². The second-order valence-corrected chi connectivity index (χ2v) is 9.20. The standard InChI is InChI=1S/2C14H13N5O2S.Ga/c2*1-10(13-4-2-3-9-15-13)17-18-14(22)16-11-5-7-12(8-6-11)19(20)21;/h2*2-9H,1H3,(H2,16,18,22);/q;;+3/p-2/b2*17-10+;. The minimum absolute atomic E-state index is 0. The number of rotatable bonds is 8. The molecule has 224 valence electrons. The van der Waals surface area contributed by atoms with Crippen molar-refractivity contribution in [3.63, 3.8) is 0 Å². The molecule has 0 saturated heterocycles. The number of hydrazone groups is 2. The predicted molar refractivity (Wildman–Crippen MR) is 180 cm³/mol. The summed E-state index contributed by atoms with van der Waals surface area (Å²) in [5, 5.41) is 29.6. The number of nitro groups is 2. The fourth-order valence-electron chi connectivity index (χ4n) is 3.11. The van der Waals surface area contributed by atoms with Gasteiger partial charge in [0.05, 0.1) is 44.0 Å². The zero-order valence-corrected chi connectivity index (χ0v) is 27.9. The van der Waals surface area contributed by atoms with Crippen molar-refractivity contribution in [1.29, 1.82) is 0 Å². The Morgan fingerprint density at radius 2 is 1.00 bits per heavy atom. The molecule has 4 rings (SSSR count). The van der Waals surface area contributed by atoms with Gasteiger partial charge in [0, 0.05) is 47.0 Å². The van der Waals surface area contributed by atoms with E-state index in [1.165, 1.54) is 48.5 Å². The number of nitro benzene ring substituents is 2. The molecule has 4 aromatic rings. The Morgan fingerprint density at radius 1 is 0.644 bits per heavy atom. The number of hydrogen-bond acceptors (Lipinski definition) is 12. The molecule has 0 bridgehead atoms. The van der Waals surface area contributed by atoms with Gasteiger partial charge in [-0.25, -0.2) is 0 Å². The van der Waals surface area contributed by atoms with Crippen LogP contribution in [0.25, 0.3) is 0 Å². The van der Waals surface area contributed by atoms with Crippen molar-refractivity contribution < 1.29 is 9.85 Å².